The molecule has 0 spiro atoms. The van der Waals surface area contributed by atoms with Crippen molar-refractivity contribution in [3.05, 3.63) is 16.0 Å². The Morgan fingerprint density at radius 2 is 1.89 bits per heavy atom. The molecule has 1 aromatic rings. The van der Waals surface area contributed by atoms with Crippen LogP contribution < -0.4 is 5.32 Å². The fourth-order valence-corrected chi connectivity index (χ4v) is 2.24. The molecule has 0 radical (unpaired) electrons. The van der Waals surface area contributed by atoms with Gasteiger partial charge in [-0.1, -0.05) is 27.7 Å². The summed E-state index contributed by atoms with van der Waals surface area (Å²) in [5.41, 5.74) is 1.13. The van der Waals surface area contributed by atoms with Crippen LogP contribution in [0.15, 0.2) is 4.47 Å². The Morgan fingerprint density at radius 3 is 2.44 bits per heavy atom. The van der Waals surface area contributed by atoms with Gasteiger partial charge in [0.25, 0.3) is 0 Å². The van der Waals surface area contributed by atoms with Crippen LogP contribution in [0.4, 0.5) is 5.82 Å². The maximum atomic E-state index is 4.67. The Hall–Kier alpha value is -0.640. The zero-order chi connectivity index (χ0) is 13.5. The molecule has 102 valence electrons. The van der Waals surface area contributed by atoms with E-state index >= 15 is 0 Å². The second-order valence-corrected chi connectivity index (χ2v) is 5.82. The van der Waals surface area contributed by atoms with Gasteiger partial charge in [-0.3, -0.25) is 0 Å². The van der Waals surface area contributed by atoms with E-state index in [0.717, 1.165) is 54.0 Å². The molecule has 0 aliphatic rings. The highest BCUT2D eigenvalue weighted by molar-refractivity contribution is 9.10. The van der Waals surface area contributed by atoms with Crippen LogP contribution in [0.3, 0.4) is 0 Å². The second-order valence-electron chi connectivity index (χ2n) is 5.02. The van der Waals surface area contributed by atoms with Crippen LogP contribution in [0.2, 0.25) is 0 Å². The molecule has 0 unspecified atom stereocenters. The first kappa shape index (κ1) is 15.4. The standard InChI is InChI=1S/C14H24BrN3/c1-5-7-12-17-11(9-10(3)4)13(15)14(18-12)16-8-6-2/h10H,5-9H2,1-4H3,(H,16,17,18). The Labute approximate surface area is 119 Å². The van der Waals surface area contributed by atoms with Crippen LogP contribution in [0.5, 0.6) is 0 Å². The van der Waals surface area contributed by atoms with Crippen LogP contribution in [0.25, 0.3) is 0 Å². The SMILES string of the molecule is CCCNc1nc(CCC)nc(CC(C)C)c1Br. The van der Waals surface area contributed by atoms with Crippen molar-refractivity contribution in [1.29, 1.82) is 0 Å². The van der Waals surface area contributed by atoms with E-state index in [1.54, 1.807) is 0 Å². The van der Waals surface area contributed by atoms with E-state index in [2.05, 4.69) is 58.9 Å². The minimum atomic E-state index is 0.602. The molecule has 4 heteroatoms. The van der Waals surface area contributed by atoms with Gasteiger partial charge in [-0.15, -0.1) is 0 Å². The van der Waals surface area contributed by atoms with E-state index < -0.39 is 0 Å². The zero-order valence-electron chi connectivity index (χ0n) is 11.9. The molecule has 0 saturated carbocycles. The average Bonchev–Trinajstić information content (AvgIpc) is 2.31. The van der Waals surface area contributed by atoms with E-state index in [4.69, 9.17) is 0 Å². The summed E-state index contributed by atoms with van der Waals surface area (Å²) >= 11 is 3.64. The highest BCUT2D eigenvalue weighted by Gasteiger charge is 2.12. The Kier molecular flexibility index (Phi) is 6.61. The third-order valence-electron chi connectivity index (χ3n) is 2.58. The number of nitrogens with one attached hydrogen (secondary N) is 1. The molecule has 3 nitrogen and oxygen atoms in total. The van der Waals surface area contributed by atoms with Crippen molar-refractivity contribution in [3.8, 4) is 0 Å². The van der Waals surface area contributed by atoms with E-state index in [1.165, 1.54) is 0 Å². The minimum Gasteiger partial charge on any atom is -0.369 e. The molecule has 0 atom stereocenters. The molecule has 0 aliphatic heterocycles. The van der Waals surface area contributed by atoms with Crippen LogP contribution in [0.1, 0.15) is 52.1 Å². The van der Waals surface area contributed by atoms with Crippen molar-refractivity contribution in [2.24, 2.45) is 5.92 Å². The first-order valence-corrected chi connectivity index (χ1v) is 7.66. The Balaban J connectivity index is 3.02. The summed E-state index contributed by atoms with van der Waals surface area (Å²) in [6, 6.07) is 0. The number of anilines is 1. The van der Waals surface area contributed by atoms with Crippen LogP contribution in [-0.2, 0) is 12.8 Å². The van der Waals surface area contributed by atoms with E-state index in [0.29, 0.717) is 5.92 Å². The summed E-state index contributed by atoms with van der Waals surface area (Å²) in [5, 5.41) is 3.38. The predicted molar refractivity (Wildman–Crippen MR) is 81.0 cm³/mol. The van der Waals surface area contributed by atoms with Crippen molar-refractivity contribution < 1.29 is 0 Å². The lowest BCUT2D eigenvalue weighted by Crippen LogP contribution is -2.10. The first-order chi connectivity index (χ1) is 8.58. The van der Waals surface area contributed by atoms with Crippen LogP contribution >= 0.6 is 15.9 Å². The van der Waals surface area contributed by atoms with Gasteiger partial charge in [0.1, 0.15) is 11.6 Å². The lowest BCUT2D eigenvalue weighted by atomic mass is 10.1. The normalized spacial score (nSPS) is 11.0. The van der Waals surface area contributed by atoms with Gasteiger partial charge in [-0.05, 0) is 41.1 Å². The van der Waals surface area contributed by atoms with Gasteiger partial charge in [-0.2, -0.15) is 0 Å². The smallest absolute Gasteiger partial charge is 0.144 e. The van der Waals surface area contributed by atoms with Crippen molar-refractivity contribution in [2.45, 2.75) is 53.4 Å². The number of aryl methyl sites for hydroxylation is 1. The maximum Gasteiger partial charge on any atom is 0.144 e. The molecule has 1 heterocycles. The average molecular weight is 314 g/mol. The summed E-state index contributed by atoms with van der Waals surface area (Å²) in [6.07, 6.45) is 4.11. The third-order valence-corrected chi connectivity index (χ3v) is 3.42. The summed E-state index contributed by atoms with van der Waals surface area (Å²) in [5.74, 6) is 2.51. The second kappa shape index (κ2) is 7.72. The molecule has 18 heavy (non-hydrogen) atoms. The summed E-state index contributed by atoms with van der Waals surface area (Å²) in [7, 11) is 0. The highest BCUT2D eigenvalue weighted by atomic mass is 79.9. The monoisotopic (exact) mass is 313 g/mol. The van der Waals surface area contributed by atoms with Gasteiger partial charge >= 0.3 is 0 Å². The molecule has 1 N–H and O–H groups in total. The molecule has 1 rings (SSSR count). The predicted octanol–water partition coefficient (Wildman–Crippen LogP) is 4.21. The molecule has 0 fully saturated rings. The van der Waals surface area contributed by atoms with Gasteiger partial charge in [0.2, 0.25) is 0 Å². The summed E-state index contributed by atoms with van der Waals surface area (Å²) in [4.78, 5) is 9.27. The zero-order valence-corrected chi connectivity index (χ0v) is 13.5. The van der Waals surface area contributed by atoms with Gasteiger partial charge < -0.3 is 5.32 Å². The number of aromatic nitrogens is 2. The van der Waals surface area contributed by atoms with Crippen LogP contribution in [0, 0.1) is 5.92 Å². The number of hydrogen-bond acceptors (Lipinski definition) is 3. The van der Waals surface area contributed by atoms with Gasteiger partial charge in [0.05, 0.1) is 10.2 Å². The van der Waals surface area contributed by atoms with E-state index in [9.17, 15) is 0 Å². The van der Waals surface area contributed by atoms with Gasteiger partial charge in [-0.25, -0.2) is 9.97 Å². The molecule has 0 saturated heterocycles. The van der Waals surface area contributed by atoms with Crippen molar-refractivity contribution in [3.63, 3.8) is 0 Å². The first-order valence-electron chi connectivity index (χ1n) is 6.87. The molecule has 0 amide bonds. The molecular weight excluding hydrogens is 290 g/mol. The maximum absolute atomic E-state index is 4.67. The summed E-state index contributed by atoms with van der Waals surface area (Å²) < 4.78 is 1.03. The minimum absolute atomic E-state index is 0.602. The van der Waals surface area contributed by atoms with Crippen molar-refractivity contribution >= 4 is 21.7 Å². The fraction of sp³-hybridized carbons (Fsp3) is 0.714. The fourth-order valence-electron chi connectivity index (χ4n) is 1.76. The molecular formula is C14H24BrN3. The quantitative estimate of drug-likeness (QED) is 0.819. The lowest BCUT2D eigenvalue weighted by Gasteiger charge is -2.13. The van der Waals surface area contributed by atoms with Crippen molar-refractivity contribution in [2.75, 3.05) is 11.9 Å². The number of hydrogen-bond donors (Lipinski definition) is 1. The van der Waals surface area contributed by atoms with E-state index in [-0.39, 0.29) is 0 Å². The molecule has 0 aliphatic carbocycles. The number of halogens is 1. The highest BCUT2D eigenvalue weighted by Crippen LogP contribution is 2.26. The Bertz CT molecular complexity index is 378. The lowest BCUT2D eigenvalue weighted by molar-refractivity contribution is 0.627. The summed E-state index contributed by atoms with van der Waals surface area (Å²) in [6.45, 7) is 9.69. The third kappa shape index (κ3) is 4.56. The van der Waals surface area contributed by atoms with Crippen LogP contribution in [-0.4, -0.2) is 16.5 Å². The molecule has 0 aromatic carbocycles. The van der Waals surface area contributed by atoms with E-state index in [1.807, 2.05) is 0 Å². The Morgan fingerprint density at radius 1 is 1.17 bits per heavy atom. The van der Waals surface area contributed by atoms with Gasteiger partial charge in [0, 0.05) is 13.0 Å². The topological polar surface area (TPSA) is 37.8 Å². The number of rotatable bonds is 7. The van der Waals surface area contributed by atoms with Crippen molar-refractivity contribution in [1.82, 2.24) is 9.97 Å². The molecule has 1 aromatic heterocycles. The molecule has 0 bridgehead atoms. The van der Waals surface area contributed by atoms with Gasteiger partial charge in [0.15, 0.2) is 0 Å². The number of nitrogens with zero attached hydrogens (tertiary/aromatic N) is 2. The largest absolute Gasteiger partial charge is 0.369 e.